The fraction of sp³-hybridized carbons (Fsp3) is 0.250. The molecule has 2 heterocycles. The predicted molar refractivity (Wildman–Crippen MR) is 140 cm³/mol. The van der Waals surface area contributed by atoms with E-state index >= 15 is 0 Å². The van der Waals surface area contributed by atoms with Gasteiger partial charge in [-0.15, -0.1) is 0 Å². The van der Waals surface area contributed by atoms with E-state index in [0.717, 1.165) is 10.1 Å². The van der Waals surface area contributed by atoms with E-state index in [-0.39, 0.29) is 17.7 Å². The smallest absolute Gasteiger partial charge is 0.337 e. The van der Waals surface area contributed by atoms with Crippen molar-refractivity contribution in [3.63, 3.8) is 0 Å². The lowest BCUT2D eigenvalue weighted by Crippen LogP contribution is -2.43. The van der Waals surface area contributed by atoms with Gasteiger partial charge in [-0.3, -0.25) is 13.9 Å². The summed E-state index contributed by atoms with van der Waals surface area (Å²) in [6, 6.07) is 15.0. The molecule has 0 radical (unpaired) electrons. The molecule has 0 fully saturated rings. The number of anilines is 1. The molecular formula is C28H29N3O6. The molecule has 2 aromatic carbocycles. The summed E-state index contributed by atoms with van der Waals surface area (Å²) in [5, 5.41) is 3.07. The predicted octanol–water partition coefficient (Wildman–Crippen LogP) is 3.23. The number of rotatable bonds is 8. The third-order valence-electron chi connectivity index (χ3n) is 6.30. The van der Waals surface area contributed by atoms with Gasteiger partial charge in [-0.2, -0.15) is 0 Å². The summed E-state index contributed by atoms with van der Waals surface area (Å²) < 4.78 is 19.4. The van der Waals surface area contributed by atoms with Crippen LogP contribution in [0.25, 0.3) is 0 Å². The van der Waals surface area contributed by atoms with E-state index in [2.05, 4.69) is 11.9 Å². The second kappa shape index (κ2) is 10.6. The quantitative estimate of drug-likeness (QED) is 0.372. The van der Waals surface area contributed by atoms with Crippen molar-refractivity contribution >= 4 is 11.8 Å². The Balaban J connectivity index is 1.85. The van der Waals surface area contributed by atoms with Gasteiger partial charge < -0.3 is 19.5 Å². The number of methoxy groups -OCH3 is 1. The molecule has 1 unspecified atom stereocenters. The second-order valence-electron chi connectivity index (χ2n) is 8.64. The second-order valence-corrected chi connectivity index (χ2v) is 8.64. The van der Waals surface area contributed by atoms with Crippen LogP contribution in [-0.2, 0) is 30.2 Å². The van der Waals surface area contributed by atoms with Gasteiger partial charge in [0.2, 0.25) is 0 Å². The minimum atomic E-state index is -0.823. The molecule has 1 N–H and O–H groups in total. The highest BCUT2D eigenvalue weighted by atomic mass is 16.5. The molecule has 9 nitrogen and oxygen atoms in total. The average molecular weight is 504 g/mol. The lowest BCUT2D eigenvalue weighted by Gasteiger charge is -2.31. The zero-order valence-electron chi connectivity index (χ0n) is 21.2. The fourth-order valence-corrected chi connectivity index (χ4v) is 4.42. The van der Waals surface area contributed by atoms with Crippen LogP contribution in [0.4, 0.5) is 5.82 Å². The number of hydrogen-bond donors (Lipinski definition) is 1. The molecule has 0 saturated carbocycles. The first-order chi connectivity index (χ1) is 17.8. The Bertz CT molecular complexity index is 1500. The Morgan fingerprint density at radius 2 is 1.81 bits per heavy atom. The molecule has 0 amide bonds. The van der Waals surface area contributed by atoms with E-state index in [0.29, 0.717) is 35.2 Å². The number of nitrogens with zero attached hydrogens (tertiary/aromatic N) is 2. The summed E-state index contributed by atoms with van der Waals surface area (Å²) in [5.74, 6) is -0.157. The van der Waals surface area contributed by atoms with E-state index in [1.165, 1.54) is 24.8 Å². The summed E-state index contributed by atoms with van der Waals surface area (Å²) >= 11 is 0. The summed E-state index contributed by atoms with van der Waals surface area (Å²) in [4.78, 5) is 39.2. The van der Waals surface area contributed by atoms with Gasteiger partial charge in [0.15, 0.2) is 11.5 Å². The van der Waals surface area contributed by atoms with Crippen molar-refractivity contribution < 1.29 is 19.0 Å². The fourth-order valence-electron chi connectivity index (χ4n) is 4.42. The molecule has 1 aliphatic heterocycles. The zero-order valence-corrected chi connectivity index (χ0v) is 21.2. The van der Waals surface area contributed by atoms with E-state index in [9.17, 15) is 14.4 Å². The normalized spacial score (nSPS) is 14.4. The Labute approximate surface area is 214 Å². The topological polar surface area (TPSA) is 101 Å². The standard InChI is InChI=1S/C28H29N3O6/c1-6-14-36-27(33)22-17(2)29-25-24(26(32)31(4)28(34)30(25)3)23(22)19-12-13-20(21(15-19)35-5)37-16-18-10-8-7-9-11-18/h6-13,15,23,29H,1,14,16H2,2-5H3. The van der Waals surface area contributed by atoms with Gasteiger partial charge in [0.05, 0.1) is 24.2 Å². The van der Waals surface area contributed by atoms with Crippen LogP contribution in [0.2, 0.25) is 0 Å². The highest BCUT2D eigenvalue weighted by Gasteiger charge is 2.37. The third-order valence-corrected chi connectivity index (χ3v) is 6.30. The van der Waals surface area contributed by atoms with Gasteiger partial charge in [0, 0.05) is 19.8 Å². The zero-order chi connectivity index (χ0) is 26.7. The van der Waals surface area contributed by atoms with E-state index in [1.807, 2.05) is 30.3 Å². The molecule has 0 aliphatic carbocycles. The van der Waals surface area contributed by atoms with Gasteiger partial charge in [-0.05, 0) is 30.2 Å². The van der Waals surface area contributed by atoms with Crippen molar-refractivity contribution in [2.24, 2.45) is 14.1 Å². The highest BCUT2D eigenvalue weighted by molar-refractivity contribution is 5.94. The van der Waals surface area contributed by atoms with Crippen LogP contribution >= 0.6 is 0 Å². The van der Waals surface area contributed by atoms with Crippen LogP contribution in [0.15, 0.2) is 82.0 Å². The van der Waals surface area contributed by atoms with Crippen molar-refractivity contribution in [1.29, 1.82) is 0 Å². The molecular weight excluding hydrogens is 474 g/mol. The van der Waals surface area contributed by atoms with Gasteiger partial charge in [-0.25, -0.2) is 9.59 Å². The maximum Gasteiger partial charge on any atom is 0.337 e. The first kappa shape index (κ1) is 25.6. The average Bonchev–Trinajstić information content (AvgIpc) is 2.92. The van der Waals surface area contributed by atoms with Crippen molar-refractivity contribution in [2.75, 3.05) is 19.0 Å². The van der Waals surface area contributed by atoms with E-state index in [1.54, 1.807) is 32.2 Å². The molecule has 1 atom stereocenters. The molecule has 0 saturated heterocycles. The number of hydrogen-bond acceptors (Lipinski definition) is 7. The van der Waals surface area contributed by atoms with Gasteiger partial charge in [0.1, 0.15) is 19.0 Å². The van der Waals surface area contributed by atoms with Crippen LogP contribution in [0.5, 0.6) is 11.5 Å². The molecule has 9 heteroatoms. The Kier molecular flexibility index (Phi) is 7.33. The summed E-state index contributed by atoms with van der Waals surface area (Å²) in [7, 11) is 4.50. The Morgan fingerprint density at radius 3 is 2.49 bits per heavy atom. The molecule has 0 spiro atoms. The summed E-state index contributed by atoms with van der Waals surface area (Å²) in [6.45, 7) is 5.65. The number of ether oxygens (including phenoxy) is 3. The monoisotopic (exact) mass is 503 g/mol. The molecule has 1 aliphatic rings. The first-order valence-electron chi connectivity index (χ1n) is 11.7. The van der Waals surface area contributed by atoms with Crippen molar-refractivity contribution in [3.05, 3.63) is 110 Å². The number of aromatic nitrogens is 2. The van der Waals surface area contributed by atoms with Crippen LogP contribution in [0.3, 0.4) is 0 Å². The molecule has 0 bridgehead atoms. The van der Waals surface area contributed by atoms with Crippen molar-refractivity contribution in [3.8, 4) is 11.5 Å². The van der Waals surface area contributed by atoms with Crippen LogP contribution in [0, 0.1) is 0 Å². The van der Waals surface area contributed by atoms with Crippen molar-refractivity contribution in [1.82, 2.24) is 9.13 Å². The van der Waals surface area contributed by atoms with E-state index < -0.39 is 23.1 Å². The number of carbonyl (C=O) groups is 1. The van der Waals surface area contributed by atoms with E-state index in [4.69, 9.17) is 14.2 Å². The highest BCUT2D eigenvalue weighted by Crippen LogP contribution is 2.42. The number of fused-ring (bicyclic) bond motifs is 1. The SMILES string of the molecule is C=CCOC(=O)C1=C(C)Nc2c(c(=O)n(C)c(=O)n2C)C1c1ccc(OCc2ccccc2)c(OC)c1. The number of benzene rings is 2. The number of allylic oxidation sites excluding steroid dienone is 1. The van der Waals surface area contributed by atoms with Gasteiger partial charge in [0.25, 0.3) is 5.56 Å². The van der Waals surface area contributed by atoms with Crippen LogP contribution in [-0.4, -0.2) is 28.8 Å². The van der Waals surface area contributed by atoms with Gasteiger partial charge >= 0.3 is 11.7 Å². The number of nitrogens with one attached hydrogen (secondary N) is 1. The molecule has 3 aromatic rings. The molecule has 37 heavy (non-hydrogen) atoms. The minimum absolute atomic E-state index is 0.00998. The molecule has 1 aromatic heterocycles. The molecule has 4 rings (SSSR count). The summed E-state index contributed by atoms with van der Waals surface area (Å²) in [5.41, 5.74) is 1.58. The number of carbonyl (C=O) groups excluding carboxylic acids is 1. The lowest BCUT2D eigenvalue weighted by molar-refractivity contribution is -0.138. The van der Waals surface area contributed by atoms with Gasteiger partial charge in [-0.1, -0.05) is 49.1 Å². The maximum absolute atomic E-state index is 13.4. The first-order valence-corrected chi connectivity index (χ1v) is 11.7. The minimum Gasteiger partial charge on any atom is -0.493 e. The third kappa shape index (κ3) is 4.80. The van der Waals surface area contributed by atoms with Crippen LogP contribution in [0.1, 0.15) is 29.5 Å². The maximum atomic E-state index is 13.4. The molecule has 192 valence electrons. The lowest BCUT2D eigenvalue weighted by atomic mass is 9.82. The Hall–Kier alpha value is -4.53. The van der Waals surface area contributed by atoms with Crippen LogP contribution < -0.4 is 26.0 Å². The van der Waals surface area contributed by atoms with Crippen molar-refractivity contribution in [2.45, 2.75) is 19.4 Å². The largest absolute Gasteiger partial charge is 0.493 e. The number of esters is 1. The summed E-state index contributed by atoms with van der Waals surface area (Å²) in [6.07, 6.45) is 1.47. The Morgan fingerprint density at radius 1 is 1.08 bits per heavy atom.